The van der Waals surface area contributed by atoms with Crippen LogP contribution in [0.4, 0.5) is 5.69 Å². The van der Waals surface area contributed by atoms with E-state index in [1.54, 1.807) is 56.5 Å². The molecule has 0 spiro atoms. The molecule has 0 fully saturated rings. The van der Waals surface area contributed by atoms with Gasteiger partial charge in [0.15, 0.2) is 0 Å². The van der Waals surface area contributed by atoms with Crippen molar-refractivity contribution >= 4 is 21.6 Å². The molecule has 0 radical (unpaired) electrons. The largest absolute Gasteiger partial charge is 0.497 e. The van der Waals surface area contributed by atoms with Crippen LogP contribution in [0.25, 0.3) is 0 Å². The number of methoxy groups -OCH3 is 1. The minimum absolute atomic E-state index is 0.170. The number of benzene rings is 3. The second-order valence-electron chi connectivity index (χ2n) is 8.88. The number of anilines is 1. The van der Waals surface area contributed by atoms with Crippen molar-refractivity contribution in [2.24, 2.45) is 5.92 Å². The number of hydrogen-bond donors (Lipinski definition) is 2. The lowest BCUT2D eigenvalue weighted by Crippen LogP contribution is -2.29. The van der Waals surface area contributed by atoms with Gasteiger partial charge in [0.25, 0.3) is 15.9 Å². The van der Waals surface area contributed by atoms with Crippen molar-refractivity contribution in [2.45, 2.75) is 45.1 Å². The van der Waals surface area contributed by atoms with Gasteiger partial charge >= 0.3 is 0 Å². The molecule has 0 aliphatic heterocycles. The number of carbonyl (C=O) groups is 1. The van der Waals surface area contributed by atoms with Gasteiger partial charge in [-0.2, -0.15) is 0 Å². The highest BCUT2D eigenvalue weighted by Gasteiger charge is 2.20. The zero-order chi connectivity index (χ0) is 24.9. The normalized spacial score (nSPS) is 12.3. The molecule has 6 nitrogen and oxygen atoms in total. The van der Waals surface area contributed by atoms with E-state index in [1.165, 1.54) is 0 Å². The Bertz CT molecular complexity index is 1230. The average Bonchev–Trinajstić information content (AvgIpc) is 2.80. The van der Waals surface area contributed by atoms with E-state index in [2.05, 4.69) is 23.9 Å². The maximum absolute atomic E-state index is 13.2. The molecule has 0 aliphatic carbocycles. The SMILES string of the molecule is COc1ccc([C@@H](CC(C)C)NC(=O)c2ccc(C)c(NS(=O)(=O)c3ccc(C)cc3)c2)cc1. The summed E-state index contributed by atoms with van der Waals surface area (Å²) in [4.78, 5) is 13.3. The Kier molecular flexibility index (Phi) is 7.99. The molecule has 3 rings (SSSR count). The molecule has 1 atom stereocenters. The van der Waals surface area contributed by atoms with Gasteiger partial charge in [0.05, 0.1) is 23.7 Å². The molecule has 180 valence electrons. The predicted molar refractivity (Wildman–Crippen MR) is 136 cm³/mol. The Morgan fingerprint density at radius 2 is 1.59 bits per heavy atom. The molecule has 0 aliphatic rings. The first-order valence-electron chi connectivity index (χ1n) is 11.2. The number of carbonyl (C=O) groups excluding carboxylic acids is 1. The molecule has 7 heteroatoms. The quantitative estimate of drug-likeness (QED) is 0.416. The lowest BCUT2D eigenvalue weighted by atomic mass is 9.96. The van der Waals surface area contributed by atoms with Crippen LogP contribution in [0.5, 0.6) is 5.75 Å². The average molecular weight is 481 g/mol. The van der Waals surface area contributed by atoms with Gasteiger partial charge in [-0.25, -0.2) is 8.42 Å². The number of aryl methyl sites for hydroxylation is 2. The third-order valence-corrected chi connectivity index (χ3v) is 6.99. The highest BCUT2D eigenvalue weighted by atomic mass is 32.2. The Balaban J connectivity index is 1.83. The fourth-order valence-electron chi connectivity index (χ4n) is 3.62. The first kappa shape index (κ1) is 25.3. The molecule has 0 saturated heterocycles. The second kappa shape index (κ2) is 10.7. The van der Waals surface area contributed by atoms with Gasteiger partial charge in [0.2, 0.25) is 0 Å². The summed E-state index contributed by atoms with van der Waals surface area (Å²) in [6.45, 7) is 7.90. The molecule has 0 unspecified atom stereocenters. The number of nitrogens with one attached hydrogen (secondary N) is 2. The molecule has 2 N–H and O–H groups in total. The molecule has 34 heavy (non-hydrogen) atoms. The maximum atomic E-state index is 13.2. The topological polar surface area (TPSA) is 84.5 Å². The Morgan fingerprint density at radius 3 is 2.18 bits per heavy atom. The van der Waals surface area contributed by atoms with E-state index >= 15 is 0 Å². The van der Waals surface area contributed by atoms with E-state index in [0.29, 0.717) is 17.2 Å². The minimum Gasteiger partial charge on any atom is -0.497 e. The van der Waals surface area contributed by atoms with Crippen molar-refractivity contribution in [3.8, 4) is 5.75 Å². The number of hydrogen-bond acceptors (Lipinski definition) is 4. The summed E-state index contributed by atoms with van der Waals surface area (Å²) >= 11 is 0. The van der Waals surface area contributed by atoms with Crippen LogP contribution in [0, 0.1) is 19.8 Å². The lowest BCUT2D eigenvalue weighted by Gasteiger charge is -2.22. The summed E-state index contributed by atoms with van der Waals surface area (Å²) in [6.07, 6.45) is 0.761. The number of rotatable bonds is 9. The van der Waals surface area contributed by atoms with Gasteiger partial charge in [0, 0.05) is 5.56 Å². The van der Waals surface area contributed by atoms with Gasteiger partial charge in [-0.1, -0.05) is 49.7 Å². The molecular weight excluding hydrogens is 448 g/mol. The van der Waals surface area contributed by atoms with Crippen molar-refractivity contribution in [3.05, 3.63) is 89.0 Å². The molecule has 0 saturated carbocycles. The molecule has 0 heterocycles. The van der Waals surface area contributed by atoms with E-state index in [9.17, 15) is 13.2 Å². The van der Waals surface area contributed by atoms with Crippen LogP contribution < -0.4 is 14.8 Å². The zero-order valence-corrected chi connectivity index (χ0v) is 21.1. The monoisotopic (exact) mass is 480 g/mol. The molecular formula is C27H32N2O4S. The third-order valence-electron chi connectivity index (χ3n) is 5.61. The molecule has 0 bridgehead atoms. The predicted octanol–water partition coefficient (Wildman–Crippen LogP) is 5.63. The van der Waals surface area contributed by atoms with Crippen molar-refractivity contribution in [3.63, 3.8) is 0 Å². The van der Waals surface area contributed by atoms with Crippen LogP contribution in [0.2, 0.25) is 0 Å². The number of ether oxygens (including phenoxy) is 1. The zero-order valence-electron chi connectivity index (χ0n) is 20.3. The second-order valence-corrected chi connectivity index (χ2v) is 10.6. The van der Waals surface area contributed by atoms with Crippen LogP contribution in [0.15, 0.2) is 71.6 Å². The van der Waals surface area contributed by atoms with Crippen LogP contribution in [-0.4, -0.2) is 21.4 Å². The molecule has 3 aromatic carbocycles. The van der Waals surface area contributed by atoms with E-state index in [-0.39, 0.29) is 16.8 Å². The smallest absolute Gasteiger partial charge is 0.261 e. The fourth-order valence-corrected chi connectivity index (χ4v) is 4.74. The Labute approximate surface area is 202 Å². The summed E-state index contributed by atoms with van der Waals surface area (Å²) < 4.78 is 33.6. The van der Waals surface area contributed by atoms with Gasteiger partial charge in [-0.15, -0.1) is 0 Å². The first-order chi connectivity index (χ1) is 16.1. The molecule has 3 aromatic rings. The number of sulfonamides is 1. The van der Waals surface area contributed by atoms with Gasteiger partial charge in [-0.3, -0.25) is 9.52 Å². The summed E-state index contributed by atoms with van der Waals surface area (Å²) in [5.74, 6) is 0.849. The third kappa shape index (κ3) is 6.38. The Morgan fingerprint density at radius 1 is 0.941 bits per heavy atom. The van der Waals surface area contributed by atoms with Crippen molar-refractivity contribution in [1.82, 2.24) is 5.32 Å². The summed E-state index contributed by atoms with van der Waals surface area (Å²) in [5.41, 5.74) is 3.44. The first-order valence-corrected chi connectivity index (χ1v) is 12.7. The van der Waals surface area contributed by atoms with Crippen molar-refractivity contribution in [1.29, 1.82) is 0 Å². The van der Waals surface area contributed by atoms with Crippen LogP contribution in [0.1, 0.15) is 53.4 Å². The highest BCUT2D eigenvalue weighted by Crippen LogP contribution is 2.26. The van der Waals surface area contributed by atoms with Gasteiger partial charge < -0.3 is 10.1 Å². The summed E-state index contributed by atoms with van der Waals surface area (Å²) in [7, 11) is -2.16. The van der Waals surface area contributed by atoms with E-state index < -0.39 is 10.0 Å². The van der Waals surface area contributed by atoms with Crippen molar-refractivity contribution < 1.29 is 17.9 Å². The van der Waals surface area contributed by atoms with E-state index in [4.69, 9.17) is 4.74 Å². The highest BCUT2D eigenvalue weighted by molar-refractivity contribution is 7.92. The van der Waals surface area contributed by atoms with E-state index in [0.717, 1.165) is 28.9 Å². The standard InChI is InChI=1S/C27H32N2O4S/c1-18(2)16-26(21-10-12-23(33-5)13-11-21)28-27(30)22-9-8-20(4)25(17-22)29-34(31,32)24-14-6-19(3)7-15-24/h6-15,17-18,26,29H,16H2,1-5H3,(H,28,30)/t26-/m1/s1. The fraction of sp³-hybridized carbons (Fsp3) is 0.296. The Hall–Kier alpha value is -3.32. The lowest BCUT2D eigenvalue weighted by molar-refractivity contribution is 0.0932. The minimum atomic E-state index is -3.78. The van der Waals surface area contributed by atoms with E-state index in [1.807, 2.05) is 31.2 Å². The molecule has 0 aromatic heterocycles. The molecule has 1 amide bonds. The number of amides is 1. The summed E-state index contributed by atoms with van der Waals surface area (Å²) in [5, 5.41) is 3.11. The van der Waals surface area contributed by atoms with Crippen LogP contribution in [-0.2, 0) is 10.0 Å². The maximum Gasteiger partial charge on any atom is 0.261 e. The van der Waals surface area contributed by atoms with Crippen LogP contribution in [0.3, 0.4) is 0 Å². The van der Waals surface area contributed by atoms with Crippen molar-refractivity contribution in [2.75, 3.05) is 11.8 Å². The van der Waals surface area contributed by atoms with Crippen LogP contribution >= 0.6 is 0 Å². The van der Waals surface area contributed by atoms with Gasteiger partial charge in [0.1, 0.15) is 5.75 Å². The van der Waals surface area contributed by atoms with Gasteiger partial charge in [-0.05, 0) is 73.7 Å². The summed E-state index contributed by atoms with van der Waals surface area (Å²) in [6, 6.07) is 19.1.